The molecule has 0 unspecified atom stereocenters. The number of rotatable bonds is 2. The summed E-state index contributed by atoms with van der Waals surface area (Å²) in [6.45, 7) is 5.16. The van der Waals surface area contributed by atoms with Gasteiger partial charge in [0, 0.05) is 0 Å². The molecule has 0 spiro atoms. The Balaban J connectivity index is 3.02. The van der Waals surface area contributed by atoms with Crippen molar-refractivity contribution in [1.29, 1.82) is 0 Å². The number of carbonyl (C=O) groups is 1. The third-order valence-electron chi connectivity index (χ3n) is 1.72. The van der Waals surface area contributed by atoms with E-state index < -0.39 is 18.7 Å². The van der Waals surface area contributed by atoms with E-state index >= 15 is 0 Å². The van der Waals surface area contributed by atoms with Gasteiger partial charge in [-0.1, -0.05) is 11.6 Å². The van der Waals surface area contributed by atoms with Crippen LogP contribution in [0.15, 0.2) is 12.1 Å². The van der Waals surface area contributed by atoms with E-state index in [1.807, 2.05) is 0 Å². The van der Waals surface area contributed by atoms with Crippen LogP contribution in [0.25, 0.3) is 0 Å². The standard InChI is InChI=1S/C10H13BClNO4/c1-10(2,3)17-9(14)7-4-6(11(15)16)5-8(12)13-7/h4-5,15-16H,1-3H3. The summed E-state index contributed by atoms with van der Waals surface area (Å²) in [6.07, 6.45) is 0. The van der Waals surface area contributed by atoms with Crippen LogP contribution in [0, 0.1) is 0 Å². The van der Waals surface area contributed by atoms with Gasteiger partial charge in [0.05, 0.1) is 0 Å². The molecule has 0 saturated carbocycles. The minimum atomic E-state index is -1.71. The van der Waals surface area contributed by atoms with E-state index in [1.165, 1.54) is 12.1 Å². The van der Waals surface area contributed by atoms with E-state index in [-0.39, 0.29) is 16.3 Å². The third-order valence-corrected chi connectivity index (χ3v) is 1.92. The van der Waals surface area contributed by atoms with Gasteiger partial charge in [-0.3, -0.25) is 0 Å². The van der Waals surface area contributed by atoms with Crippen molar-refractivity contribution in [2.75, 3.05) is 0 Å². The Kier molecular flexibility index (Phi) is 4.14. The van der Waals surface area contributed by atoms with E-state index in [4.69, 9.17) is 26.4 Å². The molecule has 0 aliphatic heterocycles. The first kappa shape index (κ1) is 14.0. The van der Waals surface area contributed by atoms with Gasteiger partial charge in [0.15, 0.2) is 0 Å². The minimum Gasteiger partial charge on any atom is -0.455 e. The summed E-state index contributed by atoms with van der Waals surface area (Å²) in [4.78, 5) is 15.4. The van der Waals surface area contributed by atoms with Crippen LogP contribution in [-0.2, 0) is 4.74 Å². The largest absolute Gasteiger partial charge is 0.488 e. The summed E-state index contributed by atoms with van der Waals surface area (Å²) in [5.41, 5.74) is -0.625. The molecule has 0 fully saturated rings. The maximum Gasteiger partial charge on any atom is 0.488 e. The Hall–Kier alpha value is -1.11. The number of nitrogens with zero attached hydrogens (tertiary/aromatic N) is 1. The number of halogens is 1. The number of carbonyl (C=O) groups excluding carboxylic acids is 1. The van der Waals surface area contributed by atoms with E-state index in [9.17, 15) is 4.79 Å². The summed E-state index contributed by atoms with van der Waals surface area (Å²) in [5.74, 6) is -0.665. The molecule has 17 heavy (non-hydrogen) atoms. The molecule has 0 bridgehead atoms. The van der Waals surface area contributed by atoms with E-state index in [0.717, 1.165) is 0 Å². The highest BCUT2D eigenvalue weighted by molar-refractivity contribution is 6.59. The first-order valence-corrected chi connectivity index (χ1v) is 5.34. The van der Waals surface area contributed by atoms with Gasteiger partial charge < -0.3 is 14.8 Å². The highest BCUT2D eigenvalue weighted by Crippen LogP contribution is 2.12. The molecule has 0 aliphatic carbocycles. The Morgan fingerprint density at radius 2 is 2.00 bits per heavy atom. The maximum atomic E-state index is 11.7. The van der Waals surface area contributed by atoms with Crippen molar-refractivity contribution < 1.29 is 19.6 Å². The summed E-state index contributed by atoms with van der Waals surface area (Å²) < 4.78 is 5.09. The van der Waals surface area contributed by atoms with Crippen LogP contribution < -0.4 is 5.46 Å². The summed E-state index contributed by atoms with van der Waals surface area (Å²) in [7, 11) is -1.71. The van der Waals surface area contributed by atoms with Gasteiger partial charge in [-0.2, -0.15) is 0 Å². The highest BCUT2D eigenvalue weighted by atomic mass is 35.5. The lowest BCUT2D eigenvalue weighted by atomic mass is 9.80. The van der Waals surface area contributed by atoms with E-state index in [2.05, 4.69) is 4.98 Å². The minimum absolute atomic E-state index is 0.00328. The number of ether oxygens (including phenoxy) is 1. The molecule has 7 heteroatoms. The van der Waals surface area contributed by atoms with Gasteiger partial charge >= 0.3 is 13.1 Å². The summed E-state index contributed by atoms with van der Waals surface area (Å²) in [6, 6.07) is 2.49. The smallest absolute Gasteiger partial charge is 0.455 e. The number of pyridine rings is 1. The van der Waals surface area contributed by atoms with E-state index in [0.29, 0.717) is 0 Å². The zero-order chi connectivity index (χ0) is 13.2. The molecule has 0 saturated heterocycles. The van der Waals surface area contributed by atoms with Gasteiger partial charge in [0.1, 0.15) is 16.4 Å². The van der Waals surface area contributed by atoms with Crippen LogP contribution in [0.3, 0.4) is 0 Å². The molecule has 0 radical (unpaired) electrons. The fourth-order valence-corrected chi connectivity index (χ4v) is 1.32. The quantitative estimate of drug-likeness (QED) is 0.455. The Labute approximate surface area is 105 Å². The van der Waals surface area contributed by atoms with Gasteiger partial charge in [-0.15, -0.1) is 0 Å². The lowest BCUT2D eigenvalue weighted by molar-refractivity contribution is 0.00630. The topological polar surface area (TPSA) is 79.7 Å². The van der Waals surface area contributed by atoms with Gasteiger partial charge in [0.25, 0.3) is 0 Å². The van der Waals surface area contributed by atoms with Crippen LogP contribution in [-0.4, -0.2) is 33.7 Å². The molecule has 0 aliphatic rings. The van der Waals surface area contributed by atoms with Crippen molar-refractivity contribution in [3.63, 3.8) is 0 Å². The molecule has 1 aromatic heterocycles. The first-order valence-electron chi connectivity index (χ1n) is 4.96. The van der Waals surface area contributed by atoms with Crippen molar-refractivity contribution in [1.82, 2.24) is 4.98 Å². The lowest BCUT2D eigenvalue weighted by Gasteiger charge is -2.19. The van der Waals surface area contributed by atoms with Crippen LogP contribution in [0.4, 0.5) is 0 Å². The van der Waals surface area contributed by atoms with Crippen molar-refractivity contribution in [3.8, 4) is 0 Å². The Bertz CT molecular complexity index is 431. The zero-order valence-electron chi connectivity index (χ0n) is 9.77. The second-order valence-corrected chi connectivity index (χ2v) is 4.87. The molecular formula is C10H13BClNO4. The molecule has 1 aromatic rings. The molecule has 0 aromatic carbocycles. The van der Waals surface area contributed by atoms with Crippen LogP contribution in [0.1, 0.15) is 31.3 Å². The first-order chi connectivity index (χ1) is 7.69. The predicted octanol–water partition coefficient (Wildman–Crippen LogP) is 0.370. The number of esters is 1. The van der Waals surface area contributed by atoms with Gasteiger partial charge in [0.2, 0.25) is 0 Å². The van der Waals surface area contributed by atoms with Crippen molar-refractivity contribution in [3.05, 3.63) is 23.0 Å². The maximum absolute atomic E-state index is 11.7. The molecule has 1 rings (SSSR count). The average Bonchev–Trinajstić information content (AvgIpc) is 2.13. The molecule has 92 valence electrons. The molecule has 0 amide bonds. The second-order valence-electron chi connectivity index (χ2n) is 4.48. The third kappa shape index (κ3) is 4.34. The summed E-state index contributed by atoms with van der Waals surface area (Å²) >= 11 is 5.67. The highest BCUT2D eigenvalue weighted by Gasteiger charge is 2.21. The predicted molar refractivity (Wildman–Crippen MR) is 64.2 cm³/mol. The SMILES string of the molecule is CC(C)(C)OC(=O)c1cc(B(O)O)cc(Cl)n1. The Morgan fingerprint density at radius 1 is 1.41 bits per heavy atom. The molecule has 0 atom stereocenters. The lowest BCUT2D eigenvalue weighted by Crippen LogP contribution is -2.32. The van der Waals surface area contributed by atoms with Crippen molar-refractivity contribution in [2.45, 2.75) is 26.4 Å². The number of hydrogen-bond donors (Lipinski definition) is 2. The van der Waals surface area contributed by atoms with Crippen LogP contribution in [0.5, 0.6) is 0 Å². The fourth-order valence-electron chi connectivity index (χ4n) is 1.10. The van der Waals surface area contributed by atoms with Crippen LogP contribution >= 0.6 is 11.6 Å². The molecular weight excluding hydrogens is 244 g/mol. The molecule has 2 N–H and O–H groups in total. The zero-order valence-corrected chi connectivity index (χ0v) is 10.5. The molecule has 5 nitrogen and oxygen atoms in total. The van der Waals surface area contributed by atoms with Crippen molar-refractivity contribution in [2.24, 2.45) is 0 Å². The average molecular weight is 257 g/mol. The number of aromatic nitrogens is 1. The summed E-state index contributed by atoms with van der Waals surface area (Å²) in [5, 5.41) is 18.0. The molecule has 1 heterocycles. The normalized spacial score (nSPS) is 11.2. The van der Waals surface area contributed by atoms with E-state index in [1.54, 1.807) is 20.8 Å². The second kappa shape index (κ2) is 5.04. The Morgan fingerprint density at radius 3 is 2.47 bits per heavy atom. The number of hydrogen-bond acceptors (Lipinski definition) is 5. The van der Waals surface area contributed by atoms with Gasteiger partial charge in [-0.05, 0) is 38.4 Å². The van der Waals surface area contributed by atoms with Crippen LogP contribution in [0.2, 0.25) is 5.15 Å². The van der Waals surface area contributed by atoms with Gasteiger partial charge in [-0.25, -0.2) is 9.78 Å². The van der Waals surface area contributed by atoms with Crippen molar-refractivity contribution >= 4 is 30.2 Å². The fraction of sp³-hybridized carbons (Fsp3) is 0.400. The monoisotopic (exact) mass is 257 g/mol.